The Bertz CT molecular complexity index is 839. The summed E-state index contributed by atoms with van der Waals surface area (Å²) < 4.78 is 0.972. The Morgan fingerprint density at radius 1 is 1.17 bits per heavy atom. The molecule has 24 heavy (non-hydrogen) atoms. The number of aliphatic hydroxyl groups is 1. The van der Waals surface area contributed by atoms with Gasteiger partial charge in [0.2, 0.25) is 0 Å². The molecule has 1 fully saturated rings. The van der Waals surface area contributed by atoms with Gasteiger partial charge in [-0.15, -0.1) is 11.3 Å². The molecule has 124 valence electrons. The Kier molecular flexibility index (Phi) is 4.08. The first kappa shape index (κ1) is 15.4. The summed E-state index contributed by atoms with van der Waals surface area (Å²) in [6.45, 7) is 2.17. The van der Waals surface area contributed by atoms with Crippen molar-refractivity contribution in [2.45, 2.75) is 12.8 Å². The second-order valence-electron chi connectivity index (χ2n) is 6.19. The molecule has 0 bridgehead atoms. The minimum absolute atomic E-state index is 0.262. The van der Waals surface area contributed by atoms with Gasteiger partial charge in [0.05, 0.1) is 10.2 Å². The van der Waals surface area contributed by atoms with E-state index in [-0.39, 0.29) is 12.4 Å². The van der Waals surface area contributed by atoms with Gasteiger partial charge in [-0.05, 0) is 49.1 Å². The molecule has 1 saturated heterocycles. The van der Waals surface area contributed by atoms with Crippen LogP contribution in [0.5, 0.6) is 5.75 Å². The average Bonchev–Trinajstić information content (AvgIpc) is 3.05. The zero-order chi connectivity index (χ0) is 16.5. The number of piperidine rings is 1. The summed E-state index contributed by atoms with van der Waals surface area (Å²) in [4.78, 5) is 11.5. The summed E-state index contributed by atoms with van der Waals surface area (Å²) in [5.41, 5.74) is 1.88. The second-order valence-corrected chi connectivity index (χ2v) is 7.22. The maximum Gasteiger partial charge on any atom is 0.128 e. The molecule has 1 aliphatic heterocycles. The number of anilines is 1. The minimum Gasteiger partial charge on any atom is -0.508 e. The number of phenols is 1. The predicted molar refractivity (Wildman–Crippen MR) is 96.5 cm³/mol. The Morgan fingerprint density at radius 3 is 2.71 bits per heavy atom. The van der Waals surface area contributed by atoms with Gasteiger partial charge in [-0.25, -0.2) is 9.97 Å². The summed E-state index contributed by atoms with van der Waals surface area (Å²) in [7, 11) is 0. The van der Waals surface area contributed by atoms with Crippen molar-refractivity contribution < 1.29 is 10.2 Å². The lowest BCUT2D eigenvalue weighted by molar-refractivity contribution is 0.203. The summed E-state index contributed by atoms with van der Waals surface area (Å²) >= 11 is 1.56. The van der Waals surface area contributed by atoms with Crippen LogP contribution in [-0.2, 0) is 0 Å². The average molecular weight is 341 g/mol. The number of pyridine rings is 1. The van der Waals surface area contributed by atoms with E-state index >= 15 is 0 Å². The molecule has 2 N–H and O–H groups in total. The van der Waals surface area contributed by atoms with Crippen LogP contribution < -0.4 is 4.90 Å². The molecule has 0 spiro atoms. The van der Waals surface area contributed by atoms with E-state index in [1.54, 1.807) is 23.5 Å². The van der Waals surface area contributed by atoms with Crippen LogP contribution in [-0.4, -0.2) is 39.9 Å². The first-order chi connectivity index (χ1) is 11.7. The molecule has 5 nitrogen and oxygen atoms in total. The molecule has 0 aliphatic carbocycles. The van der Waals surface area contributed by atoms with Crippen molar-refractivity contribution in [1.82, 2.24) is 9.97 Å². The van der Waals surface area contributed by atoms with Crippen LogP contribution in [0.2, 0.25) is 0 Å². The topological polar surface area (TPSA) is 69.5 Å². The smallest absolute Gasteiger partial charge is 0.128 e. The number of hydrogen-bond donors (Lipinski definition) is 2. The summed E-state index contributed by atoms with van der Waals surface area (Å²) in [6, 6.07) is 9.32. The van der Waals surface area contributed by atoms with Gasteiger partial charge >= 0.3 is 0 Å². The first-order valence-electron chi connectivity index (χ1n) is 8.15. The van der Waals surface area contributed by atoms with Crippen molar-refractivity contribution in [3.63, 3.8) is 0 Å². The van der Waals surface area contributed by atoms with Crippen molar-refractivity contribution in [1.29, 1.82) is 0 Å². The molecule has 3 aromatic rings. The Hall–Kier alpha value is -2.18. The van der Waals surface area contributed by atoms with Gasteiger partial charge in [-0.2, -0.15) is 0 Å². The number of nitrogens with zero attached hydrogens (tertiary/aromatic N) is 3. The fourth-order valence-electron chi connectivity index (χ4n) is 3.08. The zero-order valence-corrected chi connectivity index (χ0v) is 14.0. The highest BCUT2D eigenvalue weighted by Crippen LogP contribution is 2.32. The van der Waals surface area contributed by atoms with Gasteiger partial charge < -0.3 is 15.1 Å². The molecule has 3 heterocycles. The summed E-state index contributed by atoms with van der Waals surface area (Å²) in [6.07, 6.45) is 3.90. The van der Waals surface area contributed by atoms with Crippen LogP contribution in [0, 0.1) is 5.92 Å². The number of rotatable bonds is 3. The molecule has 6 heteroatoms. The maximum atomic E-state index is 9.57. The highest BCUT2D eigenvalue weighted by atomic mass is 32.1. The molecule has 1 aromatic carbocycles. The number of aromatic hydroxyl groups is 1. The number of hydrogen-bond acceptors (Lipinski definition) is 6. The molecular formula is C18H19N3O2S. The maximum absolute atomic E-state index is 9.57. The number of aromatic nitrogens is 2. The Labute approximate surface area is 144 Å². The van der Waals surface area contributed by atoms with Crippen LogP contribution in [0.15, 0.2) is 36.5 Å². The van der Waals surface area contributed by atoms with Gasteiger partial charge in [-0.1, -0.05) is 0 Å². The number of benzene rings is 1. The SMILES string of the molecule is OCC1CCN(c2ccc(-c3nc4ccc(O)cc4s3)cn2)CC1. The van der Waals surface area contributed by atoms with Gasteiger partial charge in [-0.3, -0.25) is 0 Å². The van der Waals surface area contributed by atoms with E-state index in [1.165, 1.54) is 0 Å². The lowest BCUT2D eigenvalue weighted by atomic mass is 9.98. The predicted octanol–water partition coefficient (Wildman–Crippen LogP) is 3.27. The standard InChI is InChI=1S/C18H19N3O2S/c22-11-12-5-7-21(8-6-12)17-4-1-13(10-19-17)18-20-15-3-2-14(23)9-16(15)24-18/h1-4,9-10,12,22-23H,5-8,11H2. The van der Waals surface area contributed by atoms with E-state index in [0.717, 1.165) is 52.5 Å². The van der Waals surface area contributed by atoms with Crippen LogP contribution in [0.1, 0.15) is 12.8 Å². The van der Waals surface area contributed by atoms with Crippen LogP contribution in [0.25, 0.3) is 20.8 Å². The summed E-state index contributed by atoms with van der Waals surface area (Å²) in [5, 5.41) is 19.7. The second kappa shape index (κ2) is 6.37. The third-order valence-corrected chi connectivity index (χ3v) is 5.63. The quantitative estimate of drug-likeness (QED) is 0.765. The third kappa shape index (κ3) is 2.95. The van der Waals surface area contributed by atoms with Crippen LogP contribution in [0.4, 0.5) is 5.82 Å². The first-order valence-corrected chi connectivity index (χ1v) is 8.96. The molecule has 0 atom stereocenters. The fraction of sp³-hybridized carbons (Fsp3) is 0.333. The number of fused-ring (bicyclic) bond motifs is 1. The zero-order valence-electron chi connectivity index (χ0n) is 13.2. The molecule has 4 rings (SSSR count). The highest BCUT2D eigenvalue weighted by molar-refractivity contribution is 7.21. The minimum atomic E-state index is 0.262. The lowest BCUT2D eigenvalue weighted by Crippen LogP contribution is -2.35. The summed E-state index contributed by atoms with van der Waals surface area (Å²) in [5.74, 6) is 1.67. The number of thiazole rings is 1. The highest BCUT2D eigenvalue weighted by Gasteiger charge is 2.19. The van der Waals surface area contributed by atoms with E-state index in [2.05, 4.69) is 20.9 Å². The largest absolute Gasteiger partial charge is 0.508 e. The van der Waals surface area contributed by atoms with E-state index in [9.17, 15) is 10.2 Å². The van der Waals surface area contributed by atoms with Crippen LogP contribution in [0.3, 0.4) is 0 Å². The third-order valence-electron chi connectivity index (χ3n) is 4.56. The van der Waals surface area contributed by atoms with Crippen molar-refractivity contribution in [3.8, 4) is 16.3 Å². The Balaban J connectivity index is 1.54. The number of phenolic OH excluding ortho intramolecular Hbond substituents is 1. The monoisotopic (exact) mass is 341 g/mol. The van der Waals surface area contributed by atoms with E-state index in [0.29, 0.717) is 5.92 Å². The van der Waals surface area contributed by atoms with Gasteiger partial charge in [0.15, 0.2) is 0 Å². The van der Waals surface area contributed by atoms with Crippen molar-refractivity contribution >= 4 is 27.4 Å². The van der Waals surface area contributed by atoms with Crippen molar-refractivity contribution in [2.75, 3.05) is 24.6 Å². The normalized spacial score (nSPS) is 16.0. The van der Waals surface area contributed by atoms with Crippen LogP contribution >= 0.6 is 11.3 Å². The van der Waals surface area contributed by atoms with E-state index in [1.807, 2.05) is 18.3 Å². The van der Waals surface area contributed by atoms with E-state index < -0.39 is 0 Å². The molecular weight excluding hydrogens is 322 g/mol. The molecule has 0 unspecified atom stereocenters. The molecule has 0 saturated carbocycles. The molecule has 2 aromatic heterocycles. The van der Waals surface area contributed by atoms with Gasteiger partial charge in [0.25, 0.3) is 0 Å². The molecule has 0 amide bonds. The fourth-order valence-corrected chi connectivity index (χ4v) is 4.07. The van der Waals surface area contributed by atoms with E-state index in [4.69, 9.17) is 0 Å². The van der Waals surface area contributed by atoms with Crippen molar-refractivity contribution in [2.24, 2.45) is 5.92 Å². The number of aliphatic hydroxyl groups excluding tert-OH is 1. The van der Waals surface area contributed by atoms with Gasteiger partial charge in [0.1, 0.15) is 16.6 Å². The lowest BCUT2D eigenvalue weighted by Gasteiger charge is -2.31. The van der Waals surface area contributed by atoms with Gasteiger partial charge in [0, 0.05) is 31.5 Å². The van der Waals surface area contributed by atoms with Crippen molar-refractivity contribution in [3.05, 3.63) is 36.5 Å². The molecule has 0 radical (unpaired) electrons. The Morgan fingerprint density at radius 2 is 2.00 bits per heavy atom. The molecule has 1 aliphatic rings.